The number of rotatable bonds is 2. The van der Waals surface area contributed by atoms with Crippen molar-refractivity contribution in [3.05, 3.63) is 42.5 Å². The highest BCUT2D eigenvalue weighted by molar-refractivity contribution is 5.82. The van der Waals surface area contributed by atoms with Crippen LogP contribution in [0.2, 0.25) is 0 Å². The summed E-state index contributed by atoms with van der Waals surface area (Å²) in [7, 11) is 0. The van der Waals surface area contributed by atoms with Gasteiger partial charge in [-0.2, -0.15) is 0 Å². The lowest BCUT2D eigenvalue weighted by Crippen LogP contribution is -1.94. The second kappa shape index (κ2) is 3.74. The van der Waals surface area contributed by atoms with Crippen LogP contribution in [0.15, 0.2) is 36.8 Å². The summed E-state index contributed by atoms with van der Waals surface area (Å²) in [5.74, 6) is 0.516. The standard InChI is InChI=1S/C10H7N3O/c14-7-9-8(3-1-4-11-9)10-12-5-2-6-13-10/h1-7H. The van der Waals surface area contributed by atoms with E-state index in [1.807, 2.05) is 0 Å². The molecule has 4 nitrogen and oxygen atoms in total. The molecule has 0 N–H and O–H groups in total. The van der Waals surface area contributed by atoms with Crippen molar-refractivity contribution in [3.8, 4) is 11.4 Å². The molecule has 0 aliphatic carbocycles. The molecular weight excluding hydrogens is 178 g/mol. The first-order valence-corrected chi connectivity index (χ1v) is 4.09. The van der Waals surface area contributed by atoms with Gasteiger partial charge in [0.05, 0.1) is 0 Å². The predicted molar refractivity (Wildman–Crippen MR) is 50.7 cm³/mol. The van der Waals surface area contributed by atoms with Crippen LogP contribution in [0.5, 0.6) is 0 Å². The fourth-order valence-corrected chi connectivity index (χ4v) is 1.14. The van der Waals surface area contributed by atoms with Gasteiger partial charge in [0, 0.05) is 24.2 Å². The van der Waals surface area contributed by atoms with Gasteiger partial charge >= 0.3 is 0 Å². The van der Waals surface area contributed by atoms with Gasteiger partial charge in [0.1, 0.15) is 5.69 Å². The normalized spacial score (nSPS) is 9.71. The molecule has 0 atom stereocenters. The van der Waals surface area contributed by atoms with Crippen LogP contribution in [0.25, 0.3) is 11.4 Å². The van der Waals surface area contributed by atoms with E-state index in [0.29, 0.717) is 23.4 Å². The molecule has 0 saturated heterocycles. The Morgan fingerprint density at radius 2 is 1.71 bits per heavy atom. The summed E-state index contributed by atoms with van der Waals surface area (Å²) in [5, 5.41) is 0. The van der Waals surface area contributed by atoms with Gasteiger partial charge < -0.3 is 0 Å². The maximum absolute atomic E-state index is 10.7. The summed E-state index contributed by atoms with van der Waals surface area (Å²) in [5.41, 5.74) is 1.02. The molecule has 0 radical (unpaired) electrons. The average Bonchev–Trinajstić information content (AvgIpc) is 2.30. The Morgan fingerprint density at radius 1 is 1.00 bits per heavy atom. The van der Waals surface area contributed by atoms with Crippen molar-refractivity contribution in [2.45, 2.75) is 0 Å². The number of hydrogen-bond donors (Lipinski definition) is 0. The highest BCUT2D eigenvalue weighted by Crippen LogP contribution is 2.15. The van der Waals surface area contributed by atoms with Crippen LogP contribution in [0.1, 0.15) is 10.5 Å². The summed E-state index contributed by atoms with van der Waals surface area (Å²) < 4.78 is 0. The molecule has 68 valence electrons. The van der Waals surface area contributed by atoms with Crippen LogP contribution in [-0.2, 0) is 0 Å². The van der Waals surface area contributed by atoms with E-state index in [0.717, 1.165) is 0 Å². The Morgan fingerprint density at radius 3 is 2.43 bits per heavy atom. The fraction of sp³-hybridized carbons (Fsp3) is 0. The average molecular weight is 185 g/mol. The van der Waals surface area contributed by atoms with Gasteiger partial charge in [-0.1, -0.05) is 0 Å². The Balaban J connectivity index is 2.57. The number of nitrogens with zero attached hydrogens (tertiary/aromatic N) is 3. The zero-order valence-corrected chi connectivity index (χ0v) is 7.29. The third-order valence-electron chi connectivity index (χ3n) is 1.76. The van der Waals surface area contributed by atoms with Crippen molar-refractivity contribution in [2.24, 2.45) is 0 Å². The molecule has 14 heavy (non-hydrogen) atoms. The maximum Gasteiger partial charge on any atom is 0.169 e. The van der Waals surface area contributed by atoms with E-state index >= 15 is 0 Å². The third kappa shape index (κ3) is 1.50. The first-order chi connectivity index (χ1) is 6.92. The molecule has 2 aromatic heterocycles. The van der Waals surface area contributed by atoms with Gasteiger partial charge in [-0.05, 0) is 18.2 Å². The summed E-state index contributed by atoms with van der Waals surface area (Å²) in [4.78, 5) is 22.7. The van der Waals surface area contributed by atoms with Gasteiger partial charge in [0.2, 0.25) is 0 Å². The van der Waals surface area contributed by atoms with E-state index in [-0.39, 0.29) is 0 Å². The van der Waals surface area contributed by atoms with Crippen molar-refractivity contribution in [1.82, 2.24) is 15.0 Å². The van der Waals surface area contributed by atoms with Crippen molar-refractivity contribution in [3.63, 3.8) is 0 Å². The fourth-order valence-electron chi connectivity index (χ4n) is 1.14. The number of carbonyl (C=O) groups is 1. The molecule has 0 saturated carbocycles. The monoisotopic (exact) mass is 185 g/mol. The van der Waals surface area contributed by atoms with Crippen LogP contribution in [0.3, 0.4) is 0 Å². The number of aldehydes is 1. The Bertz CT molecular complexity index is 442. The Hall–Kier alpha value is -2.10. The zero-order valence-electron chi connectivity index (χ0n) is 7.29. The van der Waals surface area contributed by atoms with E-state index in [1.54, 1.807) is 36.8 Å². The number of carbonyl (C=O) groups excluding carboxylic acids is 1. The quantitative estimate of drug-likeness (QED) is 0.662. The largest absolute Gasteiger partial charge is 0.296 e. The minimum atomic E-state index is 0.360. The molecule has 4 heteroatoms. The number of hydrogen-bond acceptors (Lipinski definition) is 4. The predicted octanol–water partition coefficient (Wildman–Crippen LogP) is 1.35. The highest BCUT2D eigenvalue weighted by atomic mass is 16.1. The summed E-state index contributed by atoms with van der Waals surface area (Å²) >= 11 is 0. The lowest BCUT2D eigenvalue weighted by Gasteiger charge is -2.00. The molecule has 0 aromatic carbocycles. The lowest BCUT2D eigenvalue weighted by atomic mass is 10.2. The molecule has 0 aliphatic heterocycles. The topological polar surface area (TPSA) is 55.7 Å². The first-order valence-electron chi connectivity index (χ1n) is 4.09. The van der Waals surface area contributed by atoms with E-state index in [9.17, 15) is 4.79 Å². The number of pyridine rings is 1. The van der Waals surface area contributed by atoms with E-state index < -0.39 is 0 Å². The molecular formula is C10H7N3O. The second-order valence-corrected chi connectivity index (χ2v) is 2.63. The summed E-state index contributed by atoms with van der Waals surface area (Å²) in [6, 6.07) is 5.24. The van der Waals surface area contributed by atoms with E-state index in [2.05, 4.69) is 15.0 Å². The van der Waals surface area contributed by atoms with Crippen LogP contribution < -0.4 is 0 Å². The SMILES string of the molecule is O=Cc1ncccc1-c1ncccn1. The molecule has 2 aromatic rings. The third-order valence-corrected chi connectivity index (χ3v) is 1.76. The minimum absolute atomic E-state index is 0.360. The summed E-state index contributed by atoms with van der Waals surface area (Å²) in [6.45, 7) is 0. The van der Waals surface area contributed by atoms with Gasteiger partial charge in [-0.15, -0.1) is 0 Å². The highest BCUT2D eigenvalue weighted by Gasteiger charge is 2.05. The van der Waals surface area contributed by atoms with Gasteiger partial charge in [-0.25, -0.2) is 9.97 Å². The van der Waals surface area contributed by atoms with Crippen molar-refractivity contribution in [1.29, 1.82) is 0 Å². The van der Waals surface area contributed by atoms with Crippen LogP contribution in [0, 0.1) is 0 Å². The number of aromatic nitrogens is 3. The van der Waals surface area contributed by atoms with E-state index in [4.69, 9.17) is 0 Å². The van der Waals surface area contributed by atoms with Gasteiger partial charge in [0.15, 0.2) is 12.1 Å². The molecule has 0 spiro atoms. The molecule has 0 unspecified atom stereocenters. The van der Waals surface area contributed by atoms with Crippen molar-refractivity contribution >= 4 is 6.29 Å². The maximum atomic E-state index is 10.7. The van der Waals surface area contributed by atoms with Crippen LogP contribution >= 0.6 is 0 Å². The zero-order chi connectivity index (χ0) is 9.80. The Labute approximate surface area is 80.7 Å². The van der Waals surface area contributed by atoms with Gasteiger partial charge in [-0.3, -0.25) is 9.78 Å². The molecule has 2 heterocycles. The molecule has 0 bridgehead atoms. The van der Waals surface area contributed by atoms with Crippen molar-refractivity contribution < 1.29 is 4.79 Å². The summed E-state index contributed by atoms with van der Waals surface area (Å²) in [6.07, 6.45) is 5.52. The second-order valence-electron chi connectivity index (χ2n) is 2.63. The van der Waals surface area contributed by atoms with Crippen molar-refractivity contribution in [2.75, 3.05) is 0 Å². The Kier molecular flexibility index (Phi) is 2.27. The van der Waals surface area contributed by atoms with Gasteiger partial charge in [0.25, 0.3) is 0 Å². The minimum Gasteiger partial charge on any atom is -0.296 e. The first kappa shape index (κ1) is 8.50. The van der Waals surface area contributed by atoms with Crippen LogP contribution in [0.4, 0.5) is 0 Å². The van der Waals surface area contributed by atoms with Crippen LogP contribution in [-0.4, -0.2) is 21.2 Å². The molecule has 0 aliphatic rings. The lowest BCUT2D eigenvalue weighted by molar-refractivity contribution is 0.111. The molecule has 0 fully saturated rings. The molecule has 0 amide bonds. The van der Waals surface area contributed by atoms with E-state index in [1.165, 1.54) is 0 Å². The molecule has 2 rings (SSSR count). The smallest absolute Gasteiger partial charge is 0.169 e.